The van der Waals surface area contributed by atoms with Crippen LogP contribution in [0, 0.1) is 44.8 Å². The van der Waals surface area contributed by atoms with E-state index in [0.29, 0.717) is 34.2 Å². The van der Waals surface area contributed by atoms with E-state index in [4.69, 9.17) is 0 Å². The maximum absolute atomic E-state index is 11.4. The maximum atomic E-state index is 11.4. The highest BCUT2D eigenvalue weighted by molar-refractivity contribution is 5.31. The summed E-state index contributed by atoms with van der Waals surface area (Å²) in [5.74, 6) is 2.10. The molecular weight excluding hydrogens is 368 g/mol. The predicted octanol–water partition coefficient (Wildman–Crippen LogP) is 4.93. The van der Waals surface area contributed by atoms with E-state index >= 15 is 0 Å². The van der Waals surface area contributed by atoms with Crippen molar-refractivity contribution in [3.05, 3.63) is 0 Å². The predicted molar refractivity (Wildman–Crippen MR) is 124 cm³/mol. The van der Waals surface area contributed by atoms with Gasteiger partial charge in [0.25, 0.3) is 0 Å². The van der Waals surface area contributed by atoms with Crippen LogP contribution in [-0.4, -0.2) is 49.3 Å². The number of aliphatic hydroxyl groups excluding tert-OH is 1. The van der Waals surface area contributed by atoms with Gasteiger partial charge in [0, 0.05) is 18.0 Å². The van der Waals surface area contributed by atoms with E-state index in [1.165, 1.54) is 44.9 Å². The van der Waals surface area contributed by atoms with Crippen LogP contribution in [0.3, 0.4) is 0 Å². The highest BCUT2D eigenvalue weighted by Gasteiger charge is 2.82. The van der Waals surface area contributed by atoms with Gasteiger partial charge in [-0.25, -0.2) is 0 Å². The van der Waals surface area contributed by atoms with Crippen LogP contribution >= 0.6 is 0 Å². The van der Waals surface area contributed by atoms with Gasteiger partial charge in [-0.3, -0.25) is 0 Å². The fourth-order valence-electron chi connectivity index (χ4n) is 11.2. The zero-order chi connectivity index (χ0) is 21.9. The van der Waals surface area contributed by atoms with Gasteiger partial charge in [0.05, 0.1) is 6.10 Å². The largest absolute Gasteiger partial charge is 0.393 e. The van der Waals surface area contributed by atoms with Crippen LogP contribution in [0.5, 0.6) is 0 Å². The maximum Gasteiger partial charge on any atom is 0.0594 e. The number of rotatable bonds is 3. The molecule has 5 saturated carbocycles. The third-order valence-corrected chi connectivity index (χ3v) is 12.9. The van der Waals surface area contributed by atoms with Crippen molar-refractivity contribution in [3.63, 3.8) is 0 Å². The van der Waals surface area contributed by atoms with Crippen LogP contribution in [0.25, 0.3) is 0 Å². The average Bonchev–Trinajstić information content (AvgIpc) is 3.27. The normalized spacial score (nSPS) is 57.2. The second-order valence-electron chi connectivity index (χ2n) is 13.7. The number of hydrogen-bond donors (Lipinski definition) is 2. The molecule has 0 radical (unpaired) electrons. The van der Waals surface area contributed by atoms with Gasteiger partial charge in [-0.05, 0) is 118 Å². The third kappa shape index (κ3) is 2.24. The lowest BCUT2D eigenvalue weighted by Crippen LogP contribution is -2.59. The lowest BCUT2D eigenvalue weighted by Gasteiger charge is -2.63. The Balaban J connectivity index is 1.51. The second-order valence-corrected chi connectivity index (χ2v) is 13.7. The first-order valence-electron chi connectivity index (χ1n) is 12.9. The molecule has 0 aromatic heterocycles. The van der Waals surface area contributed by atoms with Gasteiger partial charge in [0.2, 0.25) is 0 Å². The van der Waals surface area contributed by atoms with Crippen molar-refractivity contribution in [2.45, 2.75) is 104 Å². The molecule has 3 heteroatoms. The summed E-state index contributed by atoms with van der Waals surface area (Å²) in [7, 11) is 6.58. The summed E-state index contributed by atoms with van der Waals surface area (Å²) in [6, 6.07) is 1.11. The van der Waals surface area contributed by atoms with E-state index in [0.717, 1.165) is 18.3 Å². The highest BCUT2D eigenvalue weighted by Crippen LogP contribution is 2.88. The molecule has 0 saturated heterocycles. The van der Waals surface area contributed by atoms with Gasteiger partial charge in [0.15, 0.2) is 0 Å². The minimum absolute atomic E-state index is 0.142. The third-order valence-electron chi connectivity index (χ3n) is 12.9. The first kappa shape index (κ1) is 21.7. The zero-order valence-corrected chi connectivity index (χ0v) is 21.0. The van der Waals surface area contributed by atoms with E-state index in [9.17, 15) is 5.11 Å². The molecule has 0 heterocycles. The molecule has 172 valence electrons. The summed E-state index contributed by atoms with van der Waals surface area (Å²) in [5.41, 5.74) is 2.14. The number of aliphatic hydroxyl groups is 1. The minimum atomic E-state index is -0.142. The molecule has 3 nitrogen and oxygen atoms in total. The molecule has 0 bridgehead atoms. The Bertz CT molecular complexity index is 720. The van der Waals surface area contributed by atoms with E-state index in [1.54, 1.807) is 0 Å². The van der Waals surface area contributed by atoms with Gasteiger partial charge in [-0.2, -0.15) is 0 Å². The van der Waals surface area contributed by atoms with E-state index in [-0.39, 0.29) is 16.9 Å². The topological polar surface area (TPSA) is 35.5 Å². The Morgan fingerprint density at radius 3 is 2.17 bits per heavy atom. The molecule has 0 aliphatic heterocycles. The number of fused-ring (bicyclic) bond motifs is 2. The zero-order valence-electron chi connectivity index (χ0n) is 21.0. The molecule has 2 N–H and O–H groups in total. The van der Waals surface area contributed by atoms with E-state index < -0.39 is 0 Å². The van der Waals surface area contributed by atoms with Crippen molar-refractivity contribution in [2.75, 3.05) is 21.1 Å². The minimum Gasteiger partial charge on any atom is -0.393 e. The van der Waals surface area contributed by atoms with E-state index in [1.807, 2.05) is 0 Å². The molecule has 30 heavy (non-hydrogen) atoms. The van der Waals surface area contributed by atoms with Crippen molar-refractivity contribution >= 4 is 0 Å². The second kappa shape index (κ2) is 6.26. The Labute approximate surface area is 185 Å². The molecule has 0 aromatic carbocycles. The Morgan fingerprint density at radius 1 is 0.900 bits per heavy atom. The van der Waals surface area contributed by atoms with Gasteiger partial charge in [0.1, 0.15) is 0 Å². The first-order chi connectivity index (χ1) is 13.9. The van der Waals surface area contributed by atoms with Crippen molar-refractivity contribution in [1.29, 1.82) is 0 Å². The molecule has 5 fully saturated rings. The van der Waals surface area contributed by atoms with Gasteiger partial charge >= 0.3 is 0 Å². The quantitative estimate of drug-likeness (QED) is 0.684. The summed E-state index contributed by atoms with van der Waals surface area (Å²) in [6.45, 7) is 12.7. The van der Waals surface area contributed by atoms with Crippen molar-refractivity contribution in [2.24, 2.45) is 44.8 Å². The number of nitrogens with zero attached hydrogens (tertiary/aromatic N) is 1. The van der Waals surface area contributed by atoms with Crippen molar-refractivity contribution in [3.8, 4) is 0 Å². The Hall–Kier alpha value is -0.120. The summed E-state index contributed by atoms with van der Waals surface area (Å²) in [4.78, 5) is 2.35. The van der Waals surface area contributed by atoms with Crippen LogP contribution in [0.2, 0.25) is 0 Å². The Kier molecular flexibility index (Phi) is 4.53. The lowest BCUT2D eigenvalue weighted by atomic mass is 9.42. The highest BCUT2D eigenvalue weighted by atomic mass is 16.3. The van der Waals surface area contributed by atoms with Crippen LogP contribution in [0.1, 0.15) is 86.0 Å². The lowest BCUT2D eigenvalue weighted by molar-refractivity contribution is -0.146. The molecule has 5 aliphatic rings. The number of hydrogen-bond acceptors (Lipinski definition) is 3. The van der Waals surface area contributed by atoms with Crippen LogP contribution in [0.4, 0.5) is 0 Å². The van der Waals surface area contributed by atoms with Crippen molar-refractivity contribution in [1.82, 2.24) is 10.2 Å². The average molecular weight is 417 g/mol. The molecule has 5 rings (SSSR count). The van der Waals surface area contributed by atoms with Crippen LogP contribution in [0.15, 0.2) is 0 Å². The van der Waals surface area contributed by atoms with E-state index in [2.05, 4.69) is 66.0 Å². The molecule has 10 atom stereocenters. The number of nitrogens with one attached hydrogen (secondary N) is 1. The summed E-state index contributed by atoms with van der Waals surface area (Å²) in [5, 5.41) is 15.1. The molecule has 5 aliphatic carbocycles. The first-order valence-corrected chi connectivity index (χ1v) is 12.9. The van der Waals surface area contributed by atoms with Gasteiger partial charge < -0.3 is 15.3 Å². The smallest absolute Gasteiger partial charge is 0.0594 e. The van der Waals surface area contributed by atoms with Crippen LogP contribution < -0.4 is 5.32 Å². The fraction of sp³-hybridized carbons (Fsp3) is 1.00. The fourth-order valence-corrected chi connectivity index (χ4v) is 11.2. The summed E-state index contributed by atoms with van der Waals surface area (Å²) < 4.78 is 0. The van der Waals surface area contributed by atoms with Crippen LogP contribution in [-0.2, 0) is 0 Å². The van der Waals surface area contributed by atoms with Gasteiger partial charge in [-0.15, -0.1) is 0 Å². The monoisotopic (exact) mass is 416 g/mol. The van der Waals surface area contributed by atoms with Gasteiger partial charge in [-0.1, -0.05) is 27.7 Å². The molecule has 2 spiro atoms. The Morgan fingerprint density at radius 2 is 1.53 bits per heavy atom. The molecular formula is C27H48N2O. The summed E-state index contributed by atoms with van der Waals surface area (Å²) in [6.07, 6.45) is 10.7. The molecule has 0 amide bonds. The standard InChI is InChI=1S/C27H48N2O/c1-17(29(7)8)22-18(30)15-25(5)20-10-9-19-23(2,3)21(28-6)11-12-26(19)16-27(20,26)14-13-24(22,25)4/h17-22,28,30H,9-16H2,1-8H3/t17-,18+,19?,20?,21?,22?,24?,25-,26?,27?/m0/s1. The molecule has 0 aromatic rings. The van der Waals surface area contributed by atoms with Crippen molar-refractivity contribution < 1.29 is 5.11 Å². The SMILES string of the molecule is CNC1CCC23CC24CCC2(C)C([C@H](C)N(C)C)[C@H](O)C[C@@]2(C)C4CCC3C1(C)C. The molecule has 7 unspecified atom stereocenters. The summed E-state index contributed by atoms with van der Waals surface area (Å²) >= 11 is 0.